The quantitative estimate of drug-likeness (QED) is 0.781. The maximum absolute atomic E-state index is 12.4. The molecule has 0 aromatic heterocycles. The second-order valence-electron chi connectivity index (χ2n) is 5.99. The highest BCUT2D eigenvalue weighted by molar-refractivity contribution is 5.81. The molecule has 1 amide bonds. The van der Waals surface area contributed by atoms with Crippen molar-refractivity contribution in [2.75, 3.05) is 26.7 Å². The van der Waals surface area contributed by atoms with Gasteiger partial charge in [0.2, 0.25) is 5.91 Å². The molecule has 0 bridgehead atoms. The van der Waals surface area contributed by atoms with Crippen LogP contribution in [0.3, 0.4) is 0 Å². The molecule has 0 N–H and O–H groups in total. The van der Waals surface area contributed by atoms with E-state index in [2.05, 4.69) is 18.0 Å². The average Bonchev–Trinajstić information content (AvgIpc) is 2.44. The van der Waals surface area contributed by atoms with Gasteiger partial charge in [-0.25, -0.2) is 0 Å². The fourth-order valence-electron chi connectivity index (χ4n) is 3.60. The van der Waals surface area contributed by atoms with Gasteiger partial charge in [-0.3, -0.25) is 4.79 Å². The van der Waals surface area contributed by atoms with E-state index in [0.29, 0.717) is 18.4 Å². The Morgan fingerprint density at radius 3 is 2.89 bits per heavy atom. The lowest BCUT2D eigenvalue weighted by Gasteiger charge is -2.46. The number of carbonyl (C=O) groups is 1. The van der Waals surface area contributed by atoms with Crippen LogP contribution in [-0.4, -0.2) is 48.4 Å². The molecule has 0 aliphatic carbocycles. The first-order valence-electron chi connectivity index (χ1n) is 7.56. The molecule has 0 saturated carbocycles. The van der Waals surface area contributed by atoms with E-state index in [4.69, 9.17) is 5.26 Å². The van der Waals surface area contributed by atoms with Crippen LogP contribution < -0.4 is 0 Å². The van der Waals surface area contributed by atoms with Gasteiger partial charge in [0, 0.05) is 19.1 Å². The van der Waals surface area contributed by atoms with Gasteiger partial charge in [0.25, 0.3) is 0 Å². The number of hydrogen-bond acceptors (Lipinski definition) is 3. The Hall–Kier alpha value is -1.08. The number of amides is 1. The first kappa shape index (κ1) is 14.3. The summed E-state index contributed by atoms with van der Waals surface area (Å²) in [6.07, 6.45) is 5.11. The van der Waals surface area contributed by atoms with Crippen LogP contribution in [0.2, 0.25) is 0 Å². The second kappa shape index (κ2) is 6.38. The zero-order valence-electron chi connectivity index (χ0n) is 12.1. The molecule has 4 heteroatoms. The number of likely N-dealkylation sites (tertiary alicyclic amines) is 2. The number of fused-ring (bicyclic) bond motifs is 1. The SMILES string of the molecule is CCCC(C#N)C(=O)N1CCC2C(CCCN2C)C1. The third kappa shape index (κ3) is 3.09. The first-order chi connectivity index (χ1) is 9.17. The minimum absolute atomic E-state index is 0.0658. The van der Waals surface area contributed by atoms with Crippen molar-refractivity contribution in [3.8, 4) is 6.07 Å². The maximum atomic E-state index is 12.4. The van der Waals surface area contributed by atoms with Gasteiger partial charge in [-0.2, -0.15) is 5.26 Å². The van der Waals surface area contributed by atoms with Crippen LogP contribution in [0, 0.1) is 23.2 Å². The zero-order valence-corrected chi connectivity index (χ0v) is 12.1. The van der Waals surface area contributed by atoms with E-state index in [1.807, 2.05) is 11.8 Å². The number of carbonyl (C=O) groups excluding carboxylic acids is 1. The highest BCUT2D eigenvalue weighted by Crippen LogP contribution is 2.30. The Kier molecular flexibility index (Phi) is 4.81. The smallest absolute Gasteiger partial charge is 0.239 e. The summed E-state index contributed by atoms with van der Waals surface area (Å²) in [6.45, 7) is 4.90. The van der Waals surface area contributed by atoms with Crippen molar-refractivity contribution in [3.05, 3.63) is 0 Å². The highest BCUT2D eigenvalue weighted by atomic mass is 16.2. The van der Waals surface area contributed by atoms with Gasteiger partial charge >= 0.3 is 0 Å². The van der Waals surface area contributed by atoms with E-state index >= 15 is 0 Å². The summed E-state index contributed by atoms with van der Waals surface area (Å²) in [5, 5.41) is 9.13. The van der Waals surface area contributed by atoms with Gasteiger partial charge in [0.05, 0.1) is 6.07 Å². The van der Waals surface area contributed by atoms with Crippen molar-refractivity contribution < 1.29 is 4.79 Å². The van der Waals surface area contributed by atoms with Gasteiger partial charge in [0.1, 0.15) is 5.92 Å². The predicted octanol–water partition coefficient (Wildman–Crippen LogP) is 1.87. The van der Waals surface area contributed by atoms with Gasteiger partial charge in [0.15, 0.2) is 0 Å². The third-order valence-electron chi connectivity index (χ3n) is 4.69. The van der Waals surface area contributed by atoms with E-state index < -0.39 is 5.92 Å². The maximum Gasteiger partial charge on any atom is 0.239 e. The van der Waals surface area contributed by atoms with Crippen molar-refractivity contribution in [3.63, 3.8) is 0 Å². The summed E-state index contributed by atoms with van der Waals surface area (Å²) in [5.41, 5.74) is 0. The Morgan fingerprint density at radius 2 is 2.21 bits per heavy atom. The molecule has 4 nitrogen and oxygen atoms in total. The molecule has 19 heavy (non-hydrogen) atoms. The monoisotopic (exact) mass is 263 g/mol. The van der Waals surface area contributed by atoms with Crippen molar-refractivity contribution in [1.82, 2.24) is 9.80 Å². The van der Waals surface area contributed by atoms with Crippen molar-refractivity contribution >= 4 is 5.91 Å². The molecule has 2 fully saturated rings. The Bertz CT molecular complexity index is 363. The zero-order chi connectivity index (χ0) is 13.8. The van der Waals surface area contributed by atoms with Crippen LogP contribution in [0.5, 0.6) is 0 Å². The first-order valence-corrected chi connectivity index (χ1v) is 7.56. The average molecular weight is 263 g/mol. The molecular weight excluding hydrogens is 238 g/mol. The highest BCUT2D eigenvalue weighted by Gasteiger charge is 2.37. The number of hydrogen-bond donors (Lipinski definition) is 0. The van der Waals surface area contributed by atoms with Crippen LogP contribution in [-0.2, 0) is 4.79 Å². The summed E-state index contributed by atoms with van der Waals surface area (Å²) in [5.74, 6) is 0.247. The predicted molar refractivity (Wildman–Crippen MR) is 74.4 cm³/mol. The van der Waals surface area contributed by atoms with Gasteiger partial charge in [-0.1, -0.05) is 13.3 Å². The van der Waals surface area contributed by atoms with E-state index in [9.17, 15) is 4.79 Å². The Morgan fingerprint density at radius 1 is 1.42 bits per heavy atom. The summed E-state index contributed by atoms with van der Waals surface area (Å²) >= 11 is 0. The molecule has 3 atom stereocenters. The number of nitriles is 1. The molecule has 2 rings (SSSR count). The topological polar surface area (TPSA) is 47.3 Å². The third-order valence-corrected chi connectivity index (χ3v) is 4.69. The molecule has 0 aromatic rings. The normalized spacial score (nSPS) is 29.4. The summed E-state index contributed by atoms with van der Waals surface area (Å²) in [6, 6.07) is 2.82. The van der Waals surface area contributed by atoms with E-state index in [0.717, 1.165) is 25.9 Å². The molecule has 3 unspecified atom stereocenters. The summed E-state index contributed by atoms with van der Waals surface area (Å²) < 4.78 is 0. The van der Waals surface area contributed by atoms with E-state index in [1.54, 1.807) is 0 Å². The van der Waals surface area contributed by atoms with Gasteiger partial charge in [-0.15, -0.1) is 0 Å². The van der Waals surface area contributed by atoms with Gasteiger partial charge in [-0.05, 0) is 45.2 Å². The van der Waals surface area contributed by atoms with Crippen LogP contribution in [0.4, 0.5) is 0 Å². The Labute approximate surface area is 116 Å². The fraction of sp³-hybridized carbons (Fsp3) is 0.867. The lowest BCUT2D eigenvalue weighted by Crippen LogP contribution is -2.54. The lowest BCUT2D eigenvalue weighted by atomic mass is 9.83. The summed E-state index contributed by atoms with van der Waals surface area (Å²) in [4.78, 5) is 16.8. The number of rotatable bonds is 3. The van der Waals surface area contributed by atoms with Crippen LogP contribution in [0.1, 0.15) is 39.0 Å². The van der Waals surface area contributed by atoms with Crippen molar-refractivity contribution in [2.45, 2.75) is 45.1 Å². The number of piperidine rings is 2. The molecule has 106 valence electrons. The van der Waals surface area contributed by atoms with Crippen LogP contribution in [0.15, 0.2) is 0 Å². The van der Waals surface area contributed by atoms with Crippen molar-refractivity contribution in [2.24, 2.45) is 11.8 Å². The van der Waals surface area contributed by atoms with E-state index in [-0.39, 0.29) is 5.91 Å². The molecule has 2 heterocycles. The minimum Gasteiger partial charge on any atom is -0.341 e. The molecule has 0 radical (unpaired) electrons. The van der Waals surface area contributed by atoms with Crippen LogP contribution >= 0.6 is 0 Å². The van der Waals surface area contributed by atoms with Gasteiger partial charge < -0.3 is 9.80 Å². The van der Waals surface area contributed by atoms with Crippen molar-refractivity contribution in [1.29, 1.82) is 5.26 Å². The second-order valence-corrected chi connectivity index (χ2v) is 5.99. The lowest BCUT2D eigenvalue weighted by molar-refractivity contribution is -0.137. The molecule has 0 spiro atoms. The Balaban J connectivity index is 1.96. The largest absolute Gasteiger partial charge is 0.341 e. The fourth-order valence-corrected chi connectivity index (χ4v) is 3.60. The van der Waals surface area contributed by atoms with E-state index in [1.165, 1.54) is 19.4 Å². The molecule has 2 aliphatic heterocycles. The number of nitrogens with zero attached hydrogens (tertiary/aromatic N) is 3. The molecule has 2 saturated heterocycles. The van der Waals surface area contributed by atoms with Crippen LogP contribution in [0.25, 0.3) is 0 Å². The minimum atomic E-state index is -0.428. The molecule has 0 aromatic carbocycles. The molecular formula is C15H25N3O. The summed E-state index contributed by atoms with van der Waals surface area (Å²) in [7, 11) is 2.20. The molecule has 2 aliphatic rings. The standard InChI is InChI=1S/C15H25N3O/c1-3-5-12(10-16)15(19)18-9-7-14-13(11-18)6-4-8-17(14)2/h12-14H,3-9,11H2,1-2H3.